The Labute approximate surface area is 110 Å². The van der Waals surface area contributed by atoms with Crippen molar-refractivity contribution in [2.24, 2.45) is 5.16 Å². The Bertz CT molecular complexity index is 570. The predicted molar refractivity (Wildman–Crippen MR) is 69.1 cm³/mol. The molecule has 2 aromatic rings. The Morgan fingerprint density at radius 1 is 1.21 bits per heavy atom. The molecule has 0 saturated carbocycles. The summed E-state index contributed by atoms with van der Waals surface area (Å²) in [7, 11) is 1.59. The summed E-state index contributed by atoms with van der Waals surface area (Å²) in [6.45, 7) is 1.29. The van der Waals surface area contributed by atoms with Crippen molar-refractivity contribution in [3.63, 3.8) is 0 Å². The van der Waals surface area contributed by atoms with E-state index < -0.39 is 5.97 Å². The molecular formula is C14H13NO4. The van der Waals surface area contributed by atoms with Crippen molar-refractivity contribution in [1.82, 2.24) is 0 Å². The Balaban J connectivity index is 2.36. The highest BCUT2D eigenvalue weighted by atomic mass is 16.7. The van der Waals surface area contributed by atoms with Crippen LogP contribution in [0.3, 0.4) is 0 Å². The smallest absolute Gasteiger partial charge is 0.332 e. The number of furan rings is 1. The minimum Gasteiger partial charge on any atom is -0.497 e. The normalized spacial score (nSPS) is 11.2. The fourth-order valence-electron chi connectivity index (χ4n) is 1.51. The third-order valence-electron chi connectivity index (χ3n) is 2.38. The zero-order valence-corrected chi connectivity index (χ0v) is 10.6. The molecule has 98 valence electrons. The quantitative estimate of drug-likeness (QED) is 0.481. The van der Waals surface area contributed by atoms with Crippen LogP contribution in [0, 0.1) is 0 Å². The maximum Gasteiger partial charge on any atom is 0.332 e. The number of ether oxygens (including phenoxy) is 1. The largest absolute Gasteiger partial charge is 0.497 e. The Morgan fingerprint density at radius 3 is 2.47 bits per heavy atom. The van der Waals surface area contributed by atoms with Crippen molar-refractivity contribution in [3.05, 3.63) is 54.0 Å². The molecule has 0 radical (unpaired) electrons. The van der Waals surface area contributed by atoms with Crippen LogP contribution in [0.4, 0.5) is 0 Å². The van der Waals surface area contributed by atoms with Gasteiger partial charge in [-0.3, -0.25) is 0 Å². The fourth-order valence-corrected chi connectivity index (χ4v) is 1.51. The standard InChI is InChI=1S/C14H13NO4/c1-10(16)19-15-14(13-4-3-9-18-13)11-5-7-12(17-2)8-6-11/h3-9H,1-2H3/b15-14+. The van der Waals surface area contributed by atoms with Gasteiger partial charge in [0.2, 0.25) is 0 Å². The SMILES string of the molecule is COc1ccc(/C(=N\OC(C)=O)c2ccco2)cc1. The minimum atomic E-state index is -0.488. The van der Waals surface area contributed by atoms with E-state index in [2.05, 4.69) is 5.16 Å². The number of oxime groups is 1. The van der Waals surface area contributed by atoms with Crippen molar-refractivity contribution >= 4 is 11.7 Å². The van der Waals surface area contributed by atoms with Crippen LogP contribution in [0.5, 0.6) is 5.75 Å². The molecule has 0 aliphatic rings. The van der Waals surface area contributed by atoms with Crippen molar-refractivity contribution in [3.8, 4) is 5.75 Å². The van der Waals surface area contributed by atoms with Gasteiger partial charge in [-0.15, -0.1) is 0 Å². The molecule has 19 heavy (non-hydrogen) atoms. The number of benzene rings is 1. The highest BCUT2D eigenvalue weighted by Crippen LogP contribution is 2.16. The summed E-state index contributed by atoms with van der Waals surface area (Å²) in [5, 5.41) is 3.82. The van der Waals surface area contributed by atoms with E-state index >= 15 is 0 Å². The first-order valence-corrected chi connectivity index (χ1v) is 5.64. The second kappa shape index (κ2) is 5.86. The van der Waals surface area contributed by atoms with E-state index in [4.69, 9.17) is 14.0 Å². The number of nitrogens with zero attached hydrogens (tertiary/aromatic N) is 1. The number of hydrogen-bond donors (Lipinski definition) is 0. The van der Waals surface area contributed by atoms with E-state index in [1.807, 2.05) is 12.1 Å². The van der Waals surface area contributed by atoms with Gasteiger partial charge in [0.05, 0.1) is 13.4 Å². The van der Waals surface area contributed by atoms with Gasteiger partial charge in [-0.2, -0.15) is 0 Å². The molecule has 0 aliphatic carbocycles. The first kappa shape index (κ1) is 12.9. The summed E-state index contributed by atoms with van der Waals surface area (Å²) in [5.74, 6) is 0.763. The lowest BCUT2D eigenvalue weighted by Gasteiger charge is -2.04. The Kier molecular flexibility index (Phi) is 3.97. The summed E-state index contributed by atoms with van der Waals surface area (Å²) in [6, 6.07) is 10.7. The molecule has 0 aliphatic heterocycles. The lowest BCUT2D eigenvalue weighted by atomic mass is 10.1. The molecule has 0 bridgehead atoms. The minimum absolute atomic E-state index is 0.447. The maximum atomic E-state index is 10.9. The van der Waals surface area contributed by atoms with Gasteiger partial charge in [-0.05, 0) is 36.4 Å². The average molecular weight is 259 g/mol. The Hall–Kier alpha value is -2.56. The van der Waals surface area contributed by atoms with E-state index in [0.717, 1.165) is 11.3 Å². The van der Waals surface area contributed by atoms with Gasteiger partial charge in [-0.1, -0.05) is 5.16 Å². The van der Waals surface area contributed by atoms with Gasteiger partial charge in [-0.25, -0.2) is 4.79 Å². The van der Waals surface area contributed by atoms with Crippen LogP contribution in [0.15, 0.2) is 52.2 Å². The summed E-state index contributed by atoms with van der Waals surface area (Å²) >= 11 is 0. The van der Waals surface area contributed by atoms with Gasteiger partial charge in [0.25, 0.3) is 0 Å². The van der Waals surface area contributed by atoms with Gasteiger partial charge >= 0.3 is 5.97 Å². The van der Waals surface area contributed by atoms with Gasteiger partial charge in [0.1, 0.15) is 5.75 Å². The number of hydrogen-bond acceptors (Lipinski definition) is 5. The summed E-state index contributed by atoms with van der Waals surface area (Å²) < 4.78 is 10.4. The zero-order chi connectivity index (χ0) is 13.7. The molecule has 0 unspecified atom stereocenters. The molecule has 0 spiro atoms. The Morgan fingerprint density at radius 2 is 1.95 bits per heavy atom. The van der Waals surface area contributed by atoms with Crippen LogP contribution < -0.4 is 4.74 Å². The summed E-state index contributed by atoms with van der Waals surface area (Å²) in [5.41, 5.74) is 1.21. The lowest BCUT2D eigenvalue weighted by molar-refractivity contribution is -0.140. The molecule has 5 heteroatoms. The van der Waals surface area contributed by atoms with Crippen LogP contribution >= 0.6 is 0 Å². The molecule has 0 N–H and O–H groups in total. The molecule has 1 aromatic heterocycles. The van der Waals surface area contributed by atoms with Crippen LogP contribution in [0.2, 0.25) is 0 Å². The average Bonchev–Trinajstić information content (AvgIpc) is 2.93. The van der Waals surface area contributed by atoms with E-state index in [0.29, 0.717) is 11.5 Å². The monoisotopic (exact) mass is 259 g/mol. The fraction of sp³-hybridized carbons (Fsp3) is 0.143. The predicted octanol–water partition coefficient (Wildman–Crippen LogP) is 2.60. The lowest BCUT2D eigenvalue weighted by Crippen LogP contribution is -2.05. The highest BCUT2D eigenvalue weighted by molar-refractivity contribution is 6.11. The highest BCUT2D eigenvalue weighted by Gasteiger charge is 2.11. The van der Waals surface area contributed by atoms with E-state index in [9.17, 15) is 4.79 Å². The number of methoxy groups -OCH3 is 1. The van der Waals surface area contributed by atoms with Crippen LogP contribution in [-0.2, 0) is 9.63 Å². The van der Waals surface area contributed by atoms with E-state index in [1.54, 1.807) is 31.4 Å². The summed E-state index contributed by atoms with van der Waals surface area (Å²) in [6.07, 6.45) is 1.53. The van der Waals surface area contributed by atoms with Crippen LogP contribution in [0.25, 0.3) is 0 Å². The molecule has 5 nitrogen and oxygen atoms in total. The zero-order valence-electron chi connectivity index (χ0n) is 10.6. The van der Waals surface area contributed by atoms with Crippen LogP contribution in [0.1, 0.15) is 18.2 Å². The van der Waals surface area contributed by atoms with Crippen LogP contribution in [-0.4, -0.2) is 18.8 Å². The number of rotatable bonds is 4. The van der Waals surface area contributed by atoms with E-state index in [1.165, 1.54) is 13.2 Å². The number of carbonyl (C=O) groups excluding carboxylic acids is 1. The van der Waals surface area contributed by atoms with Gasteiger partial charge in [0.15, 0.2) is 11.5 Å². The topological polar surface area (TPSA) is 61.0 Å². The second-order valence-electron chi connectivity index (χ2n) is 3.73. The summed E-state index contributed by atoms with van der Waals surface area (Å²) in [4.78, 5) is 15.6. The molecular weight excluding hydrogens is 246 g/mol. The molecule has 0 atom stereocenters. The van der Waals surface area contributed by atoms with Crippen molar-refractivity contribution < 1.29 is 18.8 Å². The third-order valence-corrected chi connectivity index (χ3v) is 2.38. The molecule has 0 saturated heterocycles. The number of carbonyl (C=O) groups is 1. The molecule has 0 amide bonds. The molecule has 0 fully saturated rings. The van der Waals surface area contributed by atoms with Gasteiger partial charge < -0.3 is 14.0 Å². The third kappa shape index (κ3) is 3.22. The molecule has 1 aromatic carbocycles. The maximum absolute atomic E-state index is 10.9. The first-order valence-electron chi connectivity index (χ1n) is 5.64. The van der Waals surface area contributed by atoms with E-state index in [-0.39, 0.29) is 0 Å². The second-order valence-corrected chi connectivity index (χ2v) is 3.73. The van der Waals surface area contributed by atoms with Gasteiger partial charge in [0, 0.05) is 12.5 Å². The molecule has 1 heterocycles. The van der Waals surface area contributed by atoms with Crippen molar-refractivity contribution in [1.29, 1.82) is 0 Å². The first-order chi connectivity index (χ1) is 9.20. The van der Waals surface area contributed by atoms with Crippen molar-refractivity contribution in [2.75, 3.05) is 7.11 Å². The molecule has 2 rings (SSSR count). The van der Waals surface area contributed by atoms with Crippen molar-refractivity contribution in [2.45, 2.75) is 6.92 Å².